The van der Waals surface area contributed by atoms with Crippen LogP contribution in [0.4, 0.5) is 0 Å². The van der Waals surface area contributed by atoms with Crippen molar-refractivity contribution in [3.05, 3.63) is 71.4 Å². The van der Waals surface area contributed by atoms with Crippen LogP contribution in [-0.4, -0.2) is 45.7 Å². The van der Waals surface area contributed by atoms with Gasteiger partial charge in [-0.1, -0.05) is 60.9 Å². The van der Waals surface area contributed by atoms with Crippen molar-refractivity contribution in [2.75, 3.05) is 13.1 Å². The van der Waals surface area contributed by atoms with Crippen LogP contribution < -0.4 is 0 Å². The normalized spacial score (nSPS) is 14.1. The van der Waals surface area contributed by atoms with E-state index in [1.54, 1.807) is 4.90 Å². The van der Waals surface area contributed by atoms with Gasteiger partial charge in [0.1, 0.15) is 0 Å². The minimum atomic E-state index is 0.00638. The molecule has 2 aromatic carbocycles. The lowest BCUT2D eigenvalue weighted by atomic mass is 10.1. The fourth-order valence-electron chi connectivity index (χ4n) is 4.97. The van der Waals surface area contributed by atoms with Crippen molar-refractivity contribution >= 4 is 22.7 Å². The summed E-state index contributed by atoms with van der Waals surface area (Å²) in [5, 5.41) is 1.20. The highest BCUT2D eigenvalue weighted by molar-refractivity contribution is 5.86. The zero-order valence-electron chi connectivity index (χ0n) is 20.7. The summed E-state index contributed by atoms with van der Waals surface area (Å²) in [4.78, 5) is 33.8. The Morgan fingerprint density at radius 1 is 1.03 bits per heavy atom. The molecule has 2 amide bonds. The predicted octanol–water partition coefficient (Wildman–Crippen LogP) is 5.47. The maximum Gasteiger partial charge on any atom is 0.242 e. The van der Waals surface area contributed by atoms with Gasteiger partial charge in [-0.05, 0) is 57.2 Å². The number of aryl methyl sites for hydroxylation is 1. The predicted molar refractivity (Wildman–Crippen MR) is 137 cm³/mol. The monoisotopic (exact) mass is 459 g/mol. The molecule has 1 fully saturated rings. The van der Waals surface area contributed by atoms with E-state index in [0.717, 1.165) is 43.2 Å². The van der Waals surface area contributed by atoms with Crippen LogP contribution in [0.1, 0.15) is 56.2 Å². The van der Waals surface area contributed by atoms with Crippen molar-refractivity contribution in [3.63, 3.8) is 0 Å². The Bertz CT molecular complexity index is 1110. The summed E-state index contributed by atoms with van der Waals surface area (Å²) >= 11 is 0. The van der Waals surface area contributed by atoms with Gasteiger partial charge in [0.15, 0.2) is 0 Å². The summed E-state index contributed by atoms with van der Waals surface area (Å²) in [5.74, 6) is 0.236. The largest absolute Gasteiger partial charge is 0.361 e. The third-order valence-electron chi connectivity index (χ3n) is 7.09. The molecule has 0 atom stereocenters. The molecule has 1 heterocycles. The Hall–Kier alpha value is -3.08. The average molecular weight is 460 g/mol. The molecule has 1 N–H and O–H groups in total. The third kappa shape index (κ3) is 5.69. The zero-order valence-corrected chi connectivity index (χ0v) is 20.7. The molecule has 0 spiro atoms. The number of aromatic amines is 1. The number of hydrogen-bond acceptors (Lipinski definition) is 2. The Labute approximate surface area is 203 Å². The number of fused-ring (bicyclic) bond motifs is 1. The summed E-state index contributed by atoms with van der Waals surface area (Å²) < 4.78 is 0. The van der Waals surface area contributed by atoms with Gasteiger partial charge in [0, 0.05) is 42.1 Å². The van der Waals surface area contributed by atoms with E-state index in [1.165, 1.54) is 16.5 Å². The number of H-pyrrole nitrogens is 1. The highest BCUT2D eigenvalue weighted by Gasteiger charge is 2.31. The van der Waals surface area contributed by atoms with Crippen molar-refractivity contribution in [3.8, 4) is 0 Å². The van der Waals surface area contributed by atoms with Crippen molar-refractivity contribution in [2.24, 2.45) is 5.92 Å². The lowest BCUT2D eigenvalue weighted by molar-refractivity contribution is -0.144. The van der Waals surface area contributed by atoms with Gasteiger partial charge >= 0.3 is 0 Å². The van der Waals surface area contributed by atoms with Gasteiger partial charge in [-0.3, -0.25) is 9.59 Å². The van der Waals surface area contributed by atoms with Gasteiger partial charge in [-0.15, -0.1) is 0 Å². The average Bonchev–Trinajstić information content (AvgIpc) is 3.51. The second-order valence-corrected chi connectivity index (χ2v) is 9.95. The lowest BCUT2D eigenvalue weighted by Gasteiger charge is -2.32. The molecule has 1 saturated carbocycles. The van der Waals surface area contributed by atoms with Crippen LogP contribution in [0, 0.1) is 12.8 Å². The zero-order chi connectivity index (χ0) is 24.1. The van der Waals surface area contributed by atoms with Gasteiger partial charge in [0.25, 0.3) is 0 Å². The molecule has 0 bridgehead atoms. The molecule has 5 nitrogen and oxygen atoms in total. The fourth-order valence-corrected chi connectivity index (χ4v) is 4.97. The first-order valence-corrected chi connectivity index (χ1v) is 12.6. The minimum absolute atomic E-state index is 0.00638. The van der Waals surface area contributed by atoms with Crippen molar-refractivity contribution in [1.82, 2.24) is 14.8 Å². The van der Waals surface area contributed by atoms with Gasteiger partial charge < -0.3 is 14.8 Å². The Morgan fingerprint density at radius 2 is 1.74 bits per heavy atom. The Kier molecular flexibility index (Phi) is 7.71. The first-order valence-electron chi connectivity index (χ1n) is 12.6. The third-order valence-corrected chi connectivity index (χ3v) is 7.09. The number of para-hydroxylation sites is 1. The number of carbonyl (C=O) groups excluding carboxylic acids is 2. The van der Waals surface area contributed by atoms with Crippen LogP contribution in [0.3, 0.4) is 0 Å². The first kappa shape index (κ1) is 24.1. The second-order valence-electron chi connectivity index (χ2n) is 9.95. The fraction of sp³-hybridized carbons (Fsp3) is 0.448. The molecule has 34 heavy (non-hydrogen) atoms. The summed E-state index contributed by atoms with van der Waals surface area (Å²) in [6, 6.07) is 16.6. The lowest BCUT2D eigenvalue weighted by Crippen LogP contribution is -2.47. The van der Waals surface area contributed by atoms with Gasteiger partial charge in [0.2, 0.25) is 11.8 Å². The first-order chi connectivity index (χ1) is 16.4. The second kappa shape index (κ2) is 10.9. The van der Waals surface area contributed by atoms with Gasteiger partial charge in [-0.2, -0.15) is 0 Å². The van der Waals surface area contributed by atoms with Crippen LogP contribution >= 0.6 is 0 Å². The number of rotatable bonds is 9. The number of amides is 2. The van der Waals surface area contributed by atoms with E-state index in [0.29, 0.717) is 13.1 Å². The maximum absolute atomic E-state index is 13.6. The van der Waals surface area contributed by atoms with E-state index in [9.17, 15) is 9.59 Å². The van der Waals surface area contributed by atoms with E-state index in [1.807, 2.05) is 37.1 Å². The van der Waals surface area contributed by atoms with E-state index in [-0.39, 0.29) is 30.3 Å². The topological polar surface area (TPSA) is 56.4 Å². The Morgan fingerprint density at radius 3 is 2.44 bits per heavy atom. The summed E-state index contributed by atoms with van der Waals surface area (Å²) in [5.41, 5.74) is 4.63. The molecule has 1 aromatic heterocycles. The van der Waals surface area contributed by atoms with Crippen LogP contribution in [0.5, 0.6) is 0 Å². The number of aromatic nitrogens is 1. The molecule has 0 radical (unpaired) electrons. The molecule has 0 aliphatic heterocycles. The van der Waals surface area contributed by atoms with E-state index in [2.05, 4.69) is 48.3 Å². The molecule has 0 saturated heterocycles. The molecule has 1 aliphatic carbocycles. The van der Waals surface area contributed by atoms with Crippen molar-refractivity contribution in [2.45, 2.75) is 65.5 Å². The smallest absolute Gasteiger partial charge is 0.242 e. The standard InChI is InChI=1S/C29H37N3O2/c1-21(2)32(29(34)24-8-4-5-9-24)20-28(33)31(19-23-14-12-22(3)13-15-23)17-16-25-18-30-27-11-7-6-10-26(25)27/h6-7,10-15,18,21,24,30H,4-5,8-9,16-17,19-20H2,1-3H3. The maximum atomic E-state index is 13.6. The molecule has 0 unspecified atom stereocenters. The van der Waals surface area contributed by atoms with E-state index in [4.69, 9.17) is 0 Å². The van der Waals surface area contributed by atoms with Crippen molar-refractivity contribution in [1.29, 1.82) is 0 Å². The highest BCUT2D eigenvalue weighted by Crippen LogP contribution is 2.27. The van der Waals surface area contributed by atoms with E-state index >= 15 is 0 Å². The number of nitrogens with zero attached hydrogens (tertiary/aromatic N) is 2. The molecule has 4 rings (SSSR count). The van der Waals surface area contributed by atoms with Crippen LogP contribution in [0.15, 0.2) is 54.7 Å². The molecule has 5 heteroatoms. The molecule has 1 aliphatic rings. The summed E-state index contributed by atoms with van der Waals surface area (Å²) in [6.45, 7) is 7.39. The quantitative estimate of drug-likeness (QED) is 0.461. The molecule has 3 aromatic rings. The molecular weight excluding hydrogens is 422 g/mol. The number of hydrogen-bond donors (Lipinski definition) is 1. The van der Waals surface area contributed by atoms with Crippen LogP contribution in [0.2, 0.25) is 0 Å². The SMILES string of the molecule is Cc1ccc(CN(CCc2c[nH]c3ccccc23)C(=O)CN(C(=O)C2CCCC2)C(C)C)cc1. The van der Waals surface area contributed by atoms with Crippen LogP contribution in [-0.2, 0) is 22.6 Å². The molecule has 180 valence electrons. The number of benzene rings is 2. The molecular formula is C29H37N3O2. The summed E-state index contributed by atoms with van der Waals surface area (Å²) in [6.07, 6.45) is 6.93. The van der Waals surface area contributed by atoms with E-state index < -0.39 is 0 Å². The number of nitrogens with one attached hydrogen (secondary N) is 1. The van der Waals surface area contributed by atoms with Crippen LogP contribution in [0.25, 0.3) is 10.9 Å². The van der Waals surface area contributed by atoms with Gasteiger partial charge in [-0.25, -0.2) is 0 Å². The minimum Gasteiger partial charge on any atom is -0.361 e. The highest BCUT2D eigenvalue weighted by atomic mass is 16.2. The summed E-state index contributed by atoms with van der Waals surface area (Å²) in [7, 11) is 0. The Balaban J connectivity index is 1.51. The van der Waals surface area contributed by atoms with Gasteiger partial charge in [0.05, 0.1) is 6.54 Å². The number of carbonyl (C=O) groups is 2. The van der Waals surface area contributed by atoms with Crippen molar-refractivity contribution < 1.29 is 9.59 Å².